The molecule has 0 amide bonds. The average Bonchev–Trinajstić information content (AvgIpc) is 3.28. The minimum absolute atomic E-state index is 0.00545. The Morgan fingerprint density at radius 2 is 1.41 bits per heavy atom. The van der Waals surface area contributed by atoms with E-state index >= 15 is 0 Å². The molecule has 1 aliphatic heterocycles. The van der Waals surface area contributed by atoms with Crippen molar-refractivity contribution in [3.63, 3.8) is 0 Å². The maximum absolute atomic E-state index is 6.77. The lowest BCUT2D eigenvalue weighted by atomic mass is 9.34. The molecule has 3 nitrogen and oxygen atoms in total. The van der Waals surface area contributed by atoms with Gasteiger partial charge in [0.1, 0.15) is 12.8 Å². The van der Waals surface area contributed by atoms with Crippen molar-refractivity contribution < 1.29 is 13.7 Å². The van der Waals surface area contributed by atoms with Gasteiger partial charge in [-0.1, -0.05) is 77.3 Å². The van der Waals surface area contributed by atoms with E-state index in [2.05, 4.69) is 111 Å². The number of para-hydroxylation sites is 1. The van der Waals surface area contributed by atoms with Crippen LogP contribution in [-0.2, 0) is 7.05 Å². The first-order valence-electron chi connectivity index (χ1n) is 12.8. The molecule has 0 unspecified atom stereocenters. The molecule has 1 aliphatic rings. The van der Waals surface area contributed by atoms with E-state index in [9.17, 15) is 0 Å². The molecule has 0 N–H and O–H groups in total. The fraction of sp³-hybridized carbons (Fsp3) is 0.121. The molecule has 4 heteroatoms. The number of aryl methyl sites for hydroxylation is 4. The molecule has 178 valence electrons. The van der Waals surface area contributed by atoms with Crippen LogP contribution in [0.1, 0.15) is 16.7 Å². The average molecular weight is 480 g/mol. The van der Waals surface area contributed by atoms with Gasteiger partial charge in [0.05, 0.1) is 5.56 Å². The summed E-state index contributed by atoms with van der Waals surface area (Å²) in [6.45, 7) is 6.62. The monoisotopic (exact) mass is 480 g/mol. The van der Waals surface area contributed by atoms with Crippen LogP contribution in [0.2, 0.25) is 0 Å². The van der Waals surface area contributed by atoms with Gasteiger partial charge in [0, 0.05) is 23.0 Å². The third-order valence-corrected chi connectivity index (χ3v) is 7.98. The Labute approximate surface area is 217 Å². The van der Waals surface area contributed by atoms with E-state index in [-0.39, 0.29) is 6.71 Å². The number of pyridine rings is 1. The molecule has 0 bridgehead atoms. The molecular formula is C33H27BNO2+. The zero-order valence-corrected chi connectivity index (χ0v) is 21.5. The van der Waals surface area contributed by atoms with Gasteiger partial charge in [0.15, 0.2) is 11.8 Å². The summed E-state index contributed by atoms with van der Waals surface area (Å²) in [5.74, 6) is 1.45. The summed E-state index contributed by atoms with van der Waals surface area (Å²) in [5, 5.41) is 3.57. The van der Waals surface area contributed by atoms with E-state index in [1.165, 1.54) is 38.4 Å². The minimum Gasteiger partial charge on any atom is -0.427 e. The van der Waals surface area contributed by atoms with Crippen molar-refractivity contribution in [2.75, 3.05) is 0 Å². The zero-order chi connectivity index (χ0) is 25.3. The normalized spacial score (nSPS) is 12.5. The van der Waals surface area contributed by atoms with Gasteiger partial charge in [-0.25, -0.2) is 4.57 Å². The third-order valence-electron chi connectivity index (χ3n) is 7.98. The van der Waals surface area contributed by atoms with Crippen LogP contribution >= 0.6 is 0 Å². The number of nitrogens with zero attached hydrogens (tertiary/aromatic N) is 1. The number of rotatable bonds is 2. The maximum Gasteiger partial charge on any atom is 0.285 e. The first kappa shape index (κ1) is 21.9. The number of aromatic nitrogens is 1. The van der Waals surface area contributed by atoms with Gasteiger partial charge in [-0.05, 0) is 54.7 Å². The second kappa shape index (κ2) is 8.11. The van der Waals surface area contributed by atoms with Crippen LogP contribution < -0.4 is 25.7 Å². The molecular weight excluding hydrogens is 453 g/mol. The highest BCUT2D eigenvalue weighted by atomic mass is 16.6. The molecule has 0 fully saturated rings. The smallest absolute Gasteiger partial charge is 0.285 e. The molecule has 0 spiro atoms. The Bertz CT molecular complexity index is 1850. The lowest BCUT2D eigenvalue weighted by Crippen LogP contribution is -2.56. The molecule has 0 saturated heterocycles. The molecule has 0 atom stereocenters. The molecule has 0 aliphatic carbocycles. The van der Waals surface area contributed by atoms with Gasteiger partial charge < -0.3 is 9.15 Å². The minimum atomic E-state index is 0.00545. The van der Waals surface area contributed by atoms with Crippen LogP contribution in [0.4, 0.5) is 0 Å². The van der Waals surface area contributed by atoms with Crippen molar-refractivity contribution >= 4 is 44.8 Å². The molecule has 6 aromatic rings. The largest absolute Gasteiger partial charge is 0.427 e. The van der Waals surface area contributed by atoms with E-state index < -0.39 is 0 Å². The number of furan rings is 1. The molecule has 4 aromatic carbocycles. The van der Waals surface area contributed by atoms with Gasteiger partial charge in [-0.2, -0.15) is 0 Å². The van der Waals surface area contributed by atoms with Gasteiger partial charge in [0.25, 0.3) is 12.7 Å². The fourth-order valence-corrected chi connectivity index (χ4v) is 6.28. The quantitative estimate of drug-likeness (QED) is 0.237. The van der Waals surface area contributed by atoms with E-state index in [0.29, 0.717) is 5.95 Å². The van der Waals surface area contributed by atoms with E-state index in [1.807, 2.05) is 12.1 Å². The SMILES string of the molecule is Cc1cccc(C)c1B1c2ccccc2Oc2oc3c(-c4cccc[n+]4C)c(C)c4ccccc4c3c21. The van der Waals surface area contributed by atoms with Crippen LogP contribution in [0, 0.1) is 20.8 Å². The Balaban J connectivity index is 1.69. The van der Waals surface area contributed by atoms with E-state index in [0.717, 1.165) is 33.4 Å². The van der Waals surface area contributed by atoms with Crippen LogP contribution in [0.15, 0.2) is 95.5 Å². The van der Waals surface area contributed by atoms with E-state index in [4.69, 9.17) is 9.15 Å². The number of hydrogen-bond acceptors (Lipinski definition) is 2. The predicted molar refractivity (Wildman–Crippen MR) is 152 cm³/mol. The third kappa shape index (κ3) is 3.12. The Morgan fingerprint density at radius 3 is 2.19 bits per heavy atom. The van der Waals surface area contributed by atoms with Gasteiger partial charge in [-0.15, -0.1) is 0 Å². The van der Waals surface area contributed by atoms with Gasteiger partial charge in [0.2, 0.25) is 5.69 Å². The van der Waals surface area contributed by atoms with Crippen LogP contribution in [0.5, 0.6) is 11.7 Å². The van der Waals surface area contributed by atoms with Crippen molar-refractivity contribution in [2.45, 2.75) is 20.8 Å². The van der Waals surface area contributed by atoms with Gasteiger partial charge in [-0.3, -0.25) is 0 Å². The predicted octanol–water partition coefficient (Wildman–Crippen LogP) is 5.62. The highest BCUT2D eigenvalue weighted by Gasteiger charge is 2.40. The van der Waals surface area contributed by atoms with E-state index in [1.54, 1.807) is 0 Å². The lowest BCUT2D eigenvalue weighted by molar-refractivity contribution is -0.660. The summed E-state index contributed by atoms with van der Waals surface area (Å²) >= 11 is 0. The second-order valence-electron chi connectivity index (χ2n) is 10.1. The number of fused-ring (bicyclic) bond motifs is 6. The molecule has 2 aromatic heterocycles. The number of ether oxygens (including phenoxy) is 1. The lowest BCUT2D eigenvalue weighted by Gasteiger charge is -2.25. The number of hydrogen-bond donors (Lipinski definition) is 0. The summed E-state index contributed by atoms with van der Waals surface area (Å²) in [7, 11) is 2.09. The van der Waals surface area contributed by atoms with Crippen molar-refractivity contribution in [1.29, 1.82) is 0 Å². The Kier molecular flexibility index (Phi) is 4.81. The van der Waals surface area contributed by atoms with Crippen molar-refractivity contribution in [3.05, 3.63) is 108 Å². The number of benzene rings is 4. The first-order valence-corrected chi connectivity index (χ1v) is 12.8. The Morgan fingerprint density at radius 1 is 0.703 bits per heavy atom. The highest BCUT2D eigenvalue weighted by Crippen LogP contribution is 2.42. The molecule has 0 saturated carbocycles. The molecule has 0 radical (unpaired) electrons. The van der Waals surface area contributed by atoms with Crippen LogP contribution in [0.25, 0.3) is 33.0 Å². The standard InChI is InChI=1S/C33H27BNO2/c1-20-12-11-13-21(2)30(20)34-25-16-7-8-18-27(25)36-33-31(34)29-24-15-6-5-14-23(24)22(3)28(32(29)37-33)26-17-9-10-19-35(26)4/h5-19H,1-4H3/q+1. The summed E-state index contributed by atoms with van der Waals surface area (Å²) in [6.07, 6.45) is 2.09. The summed E-state index contributed by atoms with van der Waals surface area (Å²) in [5.41, 5.74) is 10.5. The van der Waals surface area contributed by atoms with Crippen molar-refractivity contribution in [3.8, 4) is 23.0 Å². The first-order chi connectivity index (χ1) is 18.0. The molecule has 37 heavy (non-hydrogen) atoms. The highest BCUT2D eigenvalue weighted by molar-refractivity contribution is 6.99. The fourth-order valence-electron chi connectivity index (χ4n) is 6.28. The second-order valence-corrected chi connectivity index (χ2v) is 10.1. The maximum atomic E-state index is 6.77. The van der Waals surface area contributed by atoms with Crippen molar-refractivity contribution in [2.24, 2.45) is 7.05 Å². The Hall–Kier alpha value is -4.31. The zero-order valence-electron chi connectivity index (χ0n) is 21.5. The summed E-state index contributed by atoms with van der Waals surface area (Å²) in [6, 6.07) is 29.9. The summed E-state index contributed by atoms with van der Waals surface area (Å²) in [4.78, 5) is 0. The van der Waals surface area contributed by atoms with Crippen LogP contribution in [-0.4, -0.2) is 6.71 Å². The van der Waals surface area contributed by atoms with Gasteiger partial charge >= 0.3 is 0 Å². The summed E-state index contributed by atoms with van der Waals surface area (Å²) < 4.78 is 15.5. The van der Waals surface area contributed by atoms with Crippen molar-refractivity contribution in [1.82, 2.24) is 0 Å². The topological polar surface area (TPSA) is 26.2 Å². The van der Waals surface area contributed by atoms with Crippen LogP contribution in [0.3, 0.4) is 0 Å². The molecule has 7 rings (SSSR count). The molecule has 3 heterocycles.